The topological polar surface area (TPSA) is 89.8 Å². The van der Waals surface area contributed by atoms with Gasteiger partial charge in [0.05, 0.1) is 10.5 Å². The third kappa shape index (κ3) is 3.77. The van der Waals surface area contributed by atoms with Gasteiger partial charge in [-0.25, -0.2) is 4.79 Å². The maximum Gasteiger partial charge on any atom is 0.338 e. The first-order valence-corrected chi connectivity index (χ1v) is 5.45. The van der Waals surface area contributed by atoms with E-state index >= 15 is 0 Å². The van der Waals surface area contributed by atoms with Crippen molar-refractivity contribution in [3.05, 3.63) is 39.4 Å². The second kappa shape index (κ2) is 5.94. The largest absolute Gasteiger partial charge is 0.452 e. The molecule has 0 heterocycles. The van der Waals surface area contributed by atoms with Gasteiger partial charge in [-0.3, -0.25) is 14.9 Å². The van der Waals surface area contributed by atoms with Gasteiger partial charge in [0.2, 0.25) is 0 Å². The lowest BCUT2D eigenvalue weighted by molar-refractivity contribution is -0.385. The summed E-state index contributed by atoms with van der Waals surface area (Å²) in [4.78, 5) is 34.3. The number of likely N-dealkylation sites (N-methyl/N-ethyl adjacent to an activating group) is 1. The third-order valence-electron chi connectivity index (χ3n) is 2.47. The van der Waals surface area contributed by atoms with E-state index in [0.717, 1.165) is 6.07 Å². The molecule has 0 spiro atoms. The third-order valence-corrected chi connectivity index (χ3v) is 2.47. The van der Waals surface area contributed by atoms with Crippen LogP contribution >= 0.6 is 0 Å². The van der Waals surface area contributed by atoms with Crippen LogP contribution in [-0.2, 0) is 9.53 Å². The molecule has 0 aliphatic rings. The van der Waals surface area contributed by atoms with E-state index in [1.165, 1.54) is 31.1 Å². The van der Waals surface area contributed by atoms with E-state index in [1.54, 1.807) is 6.92 Å². The van der Waals surface area contributed by atoms with E-state index < -0.39 is 17.5 Å². The van der Waals surface area contributed by atoms with Crippen LogP contribution < -0.4 is 0 Å². The molecule has 102 valence electrons. The van der Waals surface area contributed by atoms with Crippen LogP contribution in [-0.4, -0.2) is 42.4 Å². The number of carbonyl (C=O) groups is 2. The van der Waals surface area contributed by atoms with Crippen molar-refractivity contribution in [3.63, 3.8) is 0 Å². The molecule has 0 saturated heterocycles. The molecule has 1 aromatic rings. The van der Waals surface area contributed by atoms with Gasteiger partial charge in [0, 0.05) is 25.7 Å². The summed E-state index contributed by atoms with van der Waals surface area (Å²) in [7, 11) is 3.07. The molecule has 0 aliphatic carbocycles. The molecule has 0 bridgehead atoms. The quantitative estimate of drug-likeness (QED) is 0.463. The fourth-order valence-electron chi connectivity index (χ4n) is 1.27. The molecule has 7 heteroatoms. The second-order valence-corrected chi connectivity index (χ2v) is 4.12. The number of esters is 1. The van der Waals surface area contributed by atoms with Crippen LogP contribution in [0.2, 0.25) is 0 Å². The van der Waals surface area contributed by atoms with Crippen LogP contribution in [0.4, 0.5) is 5.69 Å². The number of ether oxygens (including phenoxy) is 1. The Morgan fingerprint density at radius 2 is 2.00 bits per heavy atom. The zero-order valence-corrected chi connectivity index (χ0v) is 10.9. The maximum atomic E-state index is 11.6. The first-order valence-electron chi connectivity index (χ1n) is 5.45. The lowest BCUT2D eigenvalue weighted by atomic mass is 10.1. The molecular weight excluding hydrogens is 252 g/mol. The predicted molar refractivity (Wildman–Crippen MR) is 66.8 cm³/mol. The van der Waals surface area contributed by atoms with Gasteiger partial charge in [0.25, 0.3) is 11.6 Å². The lowest BCUT2D eigenvalue weighted by Crippen LogP contribution is -2.27. The SMILES string of the molecule is Cc1ccc(C(=O)OCC(=O)N(C)C)cc1[N+](=O)[O-]. The fraction of sp³-hybridized carbons (Fsp3) is 0.333. The summed E-state index contributed by atoms with van der Waals surface area (Å²) in [5, 5.41) is 10.7. The molecule has 0 unspecified atom stereocenters. The zero-order chi connectivity index (χ0) is 14.6. The predicted octanol–water partition coefficient (Wildman–Crippen LogP) is 1.15. The average molecular weight is 266 g/mol. The second-order valence-electron chi connectivity index (χ2n) is 4.12. The van der Waals surface area contributed by atoms with Gasteiger partial charge >= 0.3 is 5.97 Å². The number of nitro groups is 1. The Hall–Kier alpha value is -2.44. The van der Waals surface area contributed by atoms with E-state index in [1.807, 2.05) is 0 Å². The van der Waals surface area contributed by atoms with E-state index in [4.69, 9.17) is 4.74 Å². The van der Waals surface area contributed by atoms with Crippen LogP contribution in [0.15, 0.2) is 18.2 Å². The van der Waals surface area contributed by atoms with Gasteiger partial charge in [0.1, 0.15) is 0 Å². The fourth-order valence-corrected chi connectivity index (χ4v) is 1.27. The van der Waals surface area contributed by atoms with Crippen LogP contribution in [0.3, 0.4) is 0 Å². The van der Waals surface area contributed by atoms with Crippen molar-refractivity contribution < 1.29 is 19.2 Å². The number of hydrogen-bond donors (Lipinski definition) is 0. The number of nitro benzene ring substituents is 1. The first-order chi connectivity index (χ1) is 8.82. The van der Waals surface area contributed by atoms with Crippen LogP contribution in [0.1, 0.15) is 15.9 Å². The summed E-state index contributed by atoms with van der Waals surface area (Å²) < 4.78 is 4.77. The van der Waals surface area contributed by atoms with Crippen molar-refractivity contribution in [3.8, 4) is 0 Å². The van der Waals surface area contributed by atoms with Crippen LogP contribution in [0, 0.1) is 17.0 Å². The number of aryl methyl sites for hydroxylation is 1. The smallest absolute Gasteiger partial charge is 0.338 e. The number of carbonyl (C=O) groups excluding carboxylic acids is 2. The molecule has 0 aromatic heterocycles. The monoisotopic (exact) mass is 266 g/mol. The number of rotatable bonds is 4. The standard InChI is InChI=1S/C12H14N2O5/c1-8-4-5-9(6-10(8)14(17)18)12(16)19-7-11(15)13(2)3/h4-6H,7H2,1-3H3. The highest BCUT2D eigenvalue weighted by molar-refractivity contribution is 5.92. The van der Waals surface area contributed by atoms with Crippen LogP contribution in [0.5, 0.6) is 0 Å². The van der Waals surface area contributed by atoms with Crippen molar-refractivity contribution in [2.24, 2.45) is 0 Å². The Kier molecular flexibility index (Phi) is 4.57. The Bertz CT molecular complexity index is 525. The molecule has 0 fully saturated rings. The molecular formula is C12H14N2O5. The molecule has 1 aromatic carbocycles. The number of hydrogen-bond acceptors (Lipinski definition) is 5. The number of nitrogens with zero attached hydrogens (tertiary/aromatic N) is 2. The summed E-state index contributed by atoms with van der Waals surface area (Å²) in [6, 6.07) is 4.02. The molecule has 0 atom stereocenters. The lowest BCUT2D eigenvalue weighted by Gasteiger charge is -2.10. The summed E-state index contributed by atoms with van der Waals surface area (Å²) in [5.74, 6) is -1.13. The van der Waals surface area contributed by atoms with Gasteiger partial charge in [-0.05, 0) is 13.0 Å². The Balaban J connectivity index is 2.81. The highest BCUT2D eigenvalue weighted by Gasteiger charge is 2.17. The minimum atomic E-state index is -0.765. The molecule has 1 rings (SSSR count). The van der Waals surface area contributed by atoms with E-state index in [2.05, 4.69) is 0 Å². The van der Waals surface area contributed by atoms with Gasteiger partial charge in [-0.15, -0.1) is 0 Å². The highest BCUT2D eigenvalue weighted by atomic mass is 16.6. The molecule has 0 radical (unpaired) electrons. The number of benzene rings is 1. The van der Waals surface area contributed by atoms with Crippen molar-refractivity contribution >= 4 is 17.6 Å². The minimum absolute atomic E-state index is 0.0452. The molecule has 0 saturated carbocycles. The molecule has 0 aliphatic heterocycles. The maximum absolute atomic E-state index is 11.6. The van der Waals surface area contributed by atoms with Crippen molar-refractivity contribution in [1.82, 2.24) is 4.90 Å². The highest BCUT2D eigenvalue weighted by Crippen LogP contribution is 2.19. The Morgan fingerprint density at radius 1 is 1.37 bits per heavy atom. The molecule has 1 amide bonds. The van der Waals surface area contributed by atoms with Gasteiger partial charge in [-0.2, -0.15) is 0 Å². The number of amides is 1. The van der Waals surface area contributed by atoms with Crippen molar-refractivity contribution in [2.75, 3.05) is 20.7 Å². The van der Waals surface area contributed by atoms with Gasteiger partial charge in [0.15, 0.2) is 6.61 Å². The molecule has 19 heavy (non-hydrogen) atoms. The summed E-state index contributed by atoms with van der Waals surface area (Å²) in [5.41, 5.74) is 0.336. The zero-order valence-electron chi connectivity index (χ0n) is 10.9. The van der Waals surface area contributed by atoms with E-state index in [9.17, 15) is 19.7 Å². The Labute approximate surface area is 109 Å². The van der Waals surface area contributed by atoms with Crippen LogP contribution in [0.25, 0.3) is 0 Å². The first kappa shape index (κ1) is 14.6. The van der Waals surface area contributed by atoms with Gasteiger partial charge in [-0.1, -0.05) is 6.07 Å². The van der Waals surface area contributed by atoms with E-state index in [0.29, 0.717) is 5.56 Å². The van der Waals surface area contributed by atoms with Gasteiger partial charge < -0.3 is 9.64 Å². The molecule has 7 nitrogen and oxygen atoms in total. The van der Waals surface area contributed by atoms with Crippen molar-refractivity contribution in [2.45, 2.75) is 6.92 Å². The molecule has 0 N–H and O–H groups in total. The summed E-state index contributed by atoms with van der Waals surface area (Å²) >= 11 is 0. The summed E-state index contributed by atoms with van der Waals surface area (Å²) in [6.07, 6.45) is 0. The van der Waals surface area contributed by atoms with Crippen molar-refractivity contribution in [1.29, 1.82) is 0 Å². The average Bonchev–Trinajstić information content (AvgIpc) is 2.35. The summed E-state index contributed by atoms with van der Waals surface area (Å²) in [6.45, 7) is 1.18. The minimum Gasteiger partial charge on any atom is -0.452 e. The van der Waals surface area contributed by atoms with E-state index in [-0.39, 0.29) is 17.2 Å². The normalized spacial score (nSPS) is 9.84. The Morgan fingerprint density at radius 3 is 2.53 bits per heavy atom.